The molecule has 0 aromatic heterocycles. The fourth-order valence-corrected chi connectivity index (χ4v) is 2.02. The number of carboxylic acid groups (broad SMARTS) is 1. The number of carbonyl (C=O) groups is 2. The number of unbranched alkanes of at least 4 members (excludes halogenated alkanes) is 3. The molecular weight excluding hydrogens is 282 g/mol. The molecule has 0 radical (unpaired) electrons. The van der Waals surface area contributed by atoms with Crippen LogP contribution >= 0.6 is 0 Å². The van der Waals surface area contributed by atoms with Crippen LogP contribution < -0.4 is 10.1 Å². The quantitative estimate of drug-likeness (QED) is 0.639. The molecule has 5 heteroatoms. The van der Waals surface area contributed by atoms with E-state index in [9.17, 15) is 9.59 Å². The number of anilines is 1. The Bertz CT molecular complexity index is 499. The average molecular weight is 307 g/mol. The fraction of sp³-hybridized carbons (Fsp3) is 0.529. The molecule has 2 N–H and O–H groups in total. The summed E-state index contributed by atoms with van der Waals surface area (Å²) in [6, 6.07) is 4.51. The third-order valence-corrected chi connectivity index (χ3v) is 3.22. The first-order valence-corrected chi connectivity index (χ1v) is 7.88. The van der Waals surface area contributed by atoms with Crippen molar-refractivity contribution in [3.8, 4) is 5.75 Å². The molecule has 0 aliphatic rings. The molecule has 0 atom stereocenters. The molecule has 0 aliphatic heterocycles. The minimum Gasteiger partial charge on any atom is -0.491 e. The lowest BCUT2D eigenvalue weighted by atomic mass is 10.1. The second kappa shape index (κ2) is 9.82. The summed E-state index contributed by atoms with van der Waals surface area (Å²) in [6.45, 7) is 4.62. The van der Waals surface area contributed by atoms with Gasteiger partial charge in [0.25, 0.3) is 0 Å². The molecule has 0 aliphatic carbocycles. The predicted octanol–water partition coefficient (Wildman–Crippen LogP) is 4.08. The van der Waals surface area contributed by atoms with Gasteiger partial charge in [-0.15, -0.1) is 0 Å². The number of ether oxygens (including phenoxy) is 1. The van der Waals surface area contributed by atoms with Crippen LogP contribution in [0.5, 0.6) is 5.75 Å². The van der Waals surface area contributed by atoms with Crippen molar-refractivity contribution < 1.29 is 19.4 Å². The van der Waals surface area contributed by atoms with Crippen LogP contribution in [0.4, 0.5) is 5.69 Å². The first-order valence-electron chi connectivity index (χ1n) is 7.88. The molecule has 0 bridgehead atoms. The molecule has 0 unspecified atom stereocenters. The van der Waals surface area contributed by atoms with E-state index in [1.165, 1.54) is 12.1 Å². The third-order valence-electron chi connectivity index (χ3n) is 3.22. The fourth-order valence-electron chi connectivity index (χ4n) is 2.02. The molecule has 1 aromatic carbocycles. The third kappa shape index (κ3) is 6.16. The SMILES string of the molecule is CCCCCCC(=O)Nc1cc(C(=O)O)ccc1OCCC. The summed E-state index contributed by atoms with van der Waals surface area (Å²) >= 11 is 0. The monoisotopic (exact) mass is 307 g/mol. The van der Waals surface area contributed by atoms with Gasteiger partial charge in [-0.1, -0.05) is 33.1 Å². The van der Waals surface area contributed by atoms with Crippen LogP contribution in [0.3, 0.4) is 0 Å². The first-order chi connectivity index (χ1) is 10.6. The second-order valence-corrected chi connectivity index (χ2v) is 5.22. The van der Waals surface area contributed by atoms with Crippen molar-refractivity contribution in [2.75, 3.05) is 11.9 Å². The van der Waals surface area contributed by atoms with Crippen molar-refractivity contribution in [1.29, 1.82) is 0 Å². The minimum absolute atomic E-state index is 0.111. The summed E-state index contributed by atoms with van der Waals surface area (Å²) in [7, 11) is 0. The molecule has 122 valence electrons. The van der Waals surface area contributed by atoms with Crippen molar-refractivity contribution in [2.45, 2.75) is 52.4 Å². The van der Waals surface area contributed by atoms with Gasteiger partial charge in [-0.05, 0) is 31.0 Å². The van der Waals surface area contributed by atoms with E-state index in [0.717, 1.165) is 32.1 Å². The Balaban J connectivity index is 2.73. The minimum atomic E-state index is -1.03. The van der Waals surface area contributed by atoms with Crippen molar-refractivity contribution in [1.82, 2.24) is 0 Å². The molecule has 1 rings (SSSR count). The van der Waals surface area contributed by atoms with Crippen molar-refractivity contribution in [3.05, 3.63) is 23.8 Å². The van der Waals surface area contributed by atoms with Gasteiger partial charge in [0.1, 0.15) is 5.75 Å². The van der Waals surface area contributed by atoms with Crippen LogP contribution in [0.1, 0.15) is 62.7 Å². The van der Waals surface area contributed by atoms with E-state index in [1.54, 1.807) is 6.07 Å². The van der Waals surface area contributed by atoms with E-state index in [-0.39, 0.29) is 11.5 Å². The van der Waals surface area contributed by atoms with Gasteiger partial charge >= 0.3 is 5.97 Å². The lowest BCUT2D eigenvalue weighted by molar-refractivity contribution is -0.116. The Labute approximate surface area is 131 Å². The van der Waals surface area contributed by atoms with Crippen LogP contribution in [0, 0.1) is 0 Å². The maximum Gasteiger partial charge on any atom is 0.335 e. The molecule has 1 amide bonds. The van der Waals surface area contributed by atoms with Crippen LogP contribution in [-0.2, 0) is 4.79 Å². The molecule has 0 fully saturated rings. The molecule has 22 heavy (non-hydrogen) atoms. The lowest BCUT2D eigenvalue weighted by Crippen LogP contribution is -2.13. The van der Waals surface area contributed by atoms with Gasteiger partial charge < -0.3 is 15.2 Å². The Morgan fingerprint density at radius 1 is 1.14 bits per heavy atom. The number of hydrogen-bond acceptors (Lipinski definition) is 3. The van der Waals surface area contributed by atoms with E-state index >= 15 is 0 Å². The standard InChI is InChI=1S/C17H25NO4/c1-3-5-6-7-8-16(19)18-14-12-13(17(20)21)9-10-15(14)22-11-4-2/h9-10,12H,3-8,11H2,1-2H3,(H,18,19)(H,20,21). The highest BCUT2D eigenvalue weighted by Crippen LogP contribution is 2.26. The average Bonchev–Trinajstić information content (AvgIpc) is 2.50. The number of hydrogen-bond donors (Lipinski definition) is 2. The van der Waals surface area contributed by atoms with Crippen molar-refractivity contribution >= 4 is 17.6 Å². The number of benzene rings is 1. The van der Waals surface area contributed by atoms with E-state index < -0.39 is 5.97 Å². The first kappa shape index (κ1) is 18.0. The van der Waals surface area contributed by atoms with Crippen LogP contribution in [-0.4, -0.2) is 23.6 Å². The largest absolute Gasteiger partial charge is 0.491 e. The molecule has 5 nitrogen and oxygen atoms in total. The summed E-state index contributed by atoms with van der Waals surface area (Å²) in [4.78, 5) is 23.0. The summed E-state index contributed by atoms with van der Waals surface area (Å²) < 4.78 is 5.56. The van der Waals surface area contributed by atoms with Crippen LogP contribution in [0.2, 0.25) is 0 Å². The topological polar surface area (TPSA) is 75.6 Å². The number of rotatable bonds is 10. The Morgan fingerprint density at radius 2 is 1.91 bits per heavy atom. The smallest absolute Gasteiger partial charge is 0.335 e. The van der Waals surface area contributed by atoms with Gasteiger partial charge in [-0.25, -0.2) is 4.79 Å². The number of amides is 1. The van der Waals surface area contributed by atoms with Gasteiger partial charge in [-0.2, -0.15) is 0 Å². The van der Waals surface area contributed by atoms with Gasteiger partial charge in [0.2, 0.25) is 5.91 Å². The molecule has 0 saturated carbocycles. The van der Waals surface area contributed by atoms with Crippen LogP contribution in [0.25, 0.3) is 0 Å². The summed E-state index contributed by atoms with van der Waals surface area (Å²) in [5, 5.41) is 11.8. The molecule has 0 heterocycles. The molecule has 0 saturated heterocycles. The Hall–Kier alpha value is -2.04. The maximum atomic E-state index is 12.0. The number of carboxylic acids is 1. The molecule has 1 aromatic rings. The zero-order chi connectivity index (χ0) is 16.4. The van der Waals surface area contributed by atoms with Gasteiger partial charge in [-0.3, -0.25) is 4.79 Å². The summed E-state index contributed by atoms with van der Waals surface area (Å²) in [5.41, 5.74) is 0.555. The predicted molar refractivity (Wildman–Crippen MR) is 86.6 cm³/mol. The summed E-state index contributed by atoms with van der Waals surface area (Å²) in [5.74, 6) is -0.630. The number of aromatic carboxylic acids is 1. The number of carbonyl (C=O) groups excluding carboxylic acids is 1. The zero-order valence-electron chi connectivity index (χ0n) is 13.4. The zero-order valence-corrected chi connectivity index (χ0v) is 13.4. The van der Waals surface area contributed by atoms with E-state index in [0.29, 0.717) is 24.5 Å². The highest BCUT2D eigenvalue weighted by Gasteiger charge is 2.12. The van der Waals surface area contributed by atoms with Crippen molar-refractivity contribution in [3.63, 3.8) is 0 Å². The Kier molecular flexibility index (Phi) is 8.04. The molecular formula is C17H25NO4. The molecule has 0 spiro atoms. The van der Waals surface area contributed by atoms with Gasteiger partial charge in [0.05, 0.1) is 17.9 Å². The van der Waals surface area contributed by atoms with Gasteiger partial charge in [0.15, 0.2) is 0 Å². The lowest BCUT2D eigenvalue weighted by Gasteiger charge is -2.13. The maximum absolute atomic E-state index is 12.0. The normalized spacial score (nSPS) is 10.3. The second-order valence-electron chi connectivity index (χ2n) is 5.22. The van der Waals surface area contributed by atoms with Crippen LogP contribution in [0.15, 0.2) is 18.2 Å². The highest BCUT2D eigenvalue weighted by molar-refractivity contribution is 5.95. The number of nitrogens with one attached hydrogen (secondary N) is 1. The highest BCUT2D eigenvalue weighted by atomic mass is 16.5. The van der Waals surface area contributed by atoms with Crippen molar-refractivity contribution in [2.24, 2.45) is 0 Å². The van der Waals surface area contributed by atoms with Gasteiger partial charge in [0, 0.05) is 6.42 Å². The van der Waals surface area contributed by atoms with E-state index in [2.05, 4.69) is 12.2 Å². The van der Waals surface area contributed by atoms with E-state index in [4.69, 9.17) is 9.84 Å². The Morgan fingerprint density at radius 3 is 2.55 bits per heavy atom. The van der Waals surface area contributed by atoms with E-state index in [1.807, 2.05) is 6.92 Å². The summed E-state index contributed by atoms with van der Waals surface area (Å²) in [6.07, 6.45) is 5.38.